The number of nitrogens with two attached hydrogens (primary N) is 1. The van der Waals surface area contributed by atoms with Crippen molar-refractivity contribution in [2.45, 2.75) is 52.6 Å². The standard InChI is InChI=1S/C12H27NO2/c1-11(2,3)7-9-15-8-5-6-12(4,14)10-13/h14H,5-10,13H2,1-4H3. The van der Waals surface area contributed by atoms with Crippen LogP contribution in [0.2, 0.25) is 0 Å². The van der Waals surface area contributed by atoms with Gasteiger partial charge in [-0.3, -0.25) is 0 Å². The molecule has 0 heterocycles. The smallest absolute Gasteiger partial charge is 0.0742 e. The molecule has 0 bridgehead atoms. The highest BCUT2D eigenvalue weighted by atomic mass is 16.5. The van der Waals surface area contributed by atoms with Gasteiger partial charge in [-0.25, -0.2) is 0 Å². The molecule has 0 aliphatic carbocycles. The molecule has 0 saturated carbocycles. The third-order valence-electron chi connectivity index (χ3n) is 2.44. The van der Waals surface area contributed by atoms with Crippen molar-refractivity contribution >= 4 is 0 Å². The Kier molecular flexibility index (Phi) is 6.41. The van der Waals surface area contributed by atoms with Crippen molar-refractivity contribution in [2.75, 3.05) is 19.8 Å². The lowest BCUT2D eigenvalue weighted by atomic mass is 9.93. The van der Waals surface area contributed by atoms with Crippen molar-refractivity contribution in [3.8, 4) is 0 Å². The van der Waals surface area contributed by atoms with Crippen LogP contribution in [0.3, 0.4) is 0 Å². The van der Waals surface area contributed by atoms with E-state index < -0.39 is 5.60 Å². The van der Waals surface area contributed by atoms with Crippen molar-refractivity contribution in [3.05, 3.63) is 0 Å². The van der Waals surface area contributed by atoms with Crippen LogP contribution in [0.5, 0.6) is 0 Å². The molecule has 0 aromatic heterocycles. The predicted octanol–water partition coefficient (Wildman–Crippen LogP) is 1.93. The zero-order chi connectivity index (χ0) is 11.9. The molecule has 0 fully saturated rings. The predicted molar refractivity (Wildman–Crippen MR) is 63.8 cm³/mol. The first-order chi connectivity index (χ1) is 6.77. The van der Waals surface area contributed by atoms with Crippen molar-refractivity contribution in [1.82, 2.24) is 0 Å². The van der Waals surface area contributed by atoms with E-state index in [1.54, 1.807) is 6.92 Å². The number of hydrogen-bond donors (Lipinski definition) is 2. The Bertz CT molecular complexity index is 161. The molecule has 0 aromatic carbocycles. The molecule has 1 atom stereocenters. The zero-order valence-corrected chi connectivity index (χ0v) is 10.7. The lowest BCUT2D eigenvalue weighted by molar-refractivity contribution is 0.0403. The van der Waals surface area contributed by atoms with Gasteiger partial charge < -0.3 is 15.6 Å². The number of hydrogen-bond acceptors (Lipinski definition) is 3. The van der Waals surface area contributed by atoms with E-state index in [0.717, 1.165) is 19.4 Å². The van der Waals surface area contributed by atoms with E-state index in [4.69, 9.17) is 10.5 Å². The molecule has 0 spiro atoms. The maximum atomic E-state index is 9.63. The van der Waals surface area contributed by atoms with Gasteiger partial charge in [0.15, 0.2) is 0 Å². The fourth-order valence-corrected chi connectivity index (χ4v) is 1.14. The number of rotatable bonds is 7. The Morgan fingerprint density at radius 1 is 1.07 bits per heavy atom. The zero-order valence-electron chi connectivity index (χ0n) is 10.7. The molecule has 0 aliphatic rings. The van der Waals surface area contributed by atoms with Crippen LogP contribution in [0, 0.1) is 5.41 Å². The third-order valence-corrected chi connectivity index (χ3v) is 2.44. The second kappa shape index (κ2) is 6.46. The maximum absolute atomic E-state index is 9.63. The van der Waals surface area contributed by atoms with Gasteiger partial charge in [-0.1, -0.05) is 20.8 Å². The van der Waals surface area contributed by atoms with Crippen molar-refractivity contribution in [2.24, 2.45) is 11.1 Å². The third kappa shape index (κ3) is 10.2. The van der Waals surface area contributed by atoms with Gasteiger partial charge in [-0.2, -0.15) is 0 Å². The monoisotopic (exact) mass is 217 g/mol. The Morgan fingerprint density at radius 3 is 2.13 bits per heavy atom. The van der Waals surface area contributed by atoms with E-state index in [-0.39, 0.29) is 0 Å². The molecular formula is C12H27NO2. The van der Waals surface area contributed by atoms with Crippen LogP contribution in [0.15, 0.2) is 0 Å². The van der Waals surface area contributed by atoms with Crippen LogP contribution < -0.4 is 5.73 Å². The van der Waals surface area contributed by atoms with E-state index >= 15 is 0 Å². The second-order valence-electron chi connectivity index (χ2n) is 5.73. The SMILES string of the molecule is CC(C)(C)CCOCCCC(C)(O)CN. The molecule has 0 amide bonds. The van der Waals surface area contributed by atoms with Gasteiger partial charge in [0.05, 0.1) is 5.60 Å². The van der Waals surface area contributed by atoms with Gasteiger partial charge in [0, 0.05) is 19.8 Å². The number of ether oxygens (including phenoxy) is 1. The summed E-state index contributed by atoms with van der Waals surface area (Å²) in [5.74, 6) is 0. The summed E-state index contributed by atoms with van der Waals surface area (Å²) < 4.78 is 5.50. The first-order valence-electron chi connectivity index (χ1n) is 5.77. The van der Waals surface area contributed by atoms with Gasteiger partial charge >= 0.3 is 0 Å². The lowest BCUT2D eigenvalue weighted by Gasteiger charge is -2.21. The molecule has 0 rings (SSSR count). The fourth-order valence-electron chi connectivity index (χ4n) is 1.14. The molecule has 0 radical (unpaired) electrons. The molecule has 3 heteroatoms. The normalized spacial score (nSPS) is 16.4. The summed E-state index contributed by atoms with van der Waals surface area (Å²) in [5, 5.41) is 9.63. The average molecular weight is 217 g/mol. The topological polar surface area (TPSA) is 55.5 Å². The quantitative estimate of drug-likeness (QED) is 0.641. The summed E-state index contributed by atoms with van der Waals surface area (Å²) in [5.41, 5.74) is 5.02. The van der Waals surface area contributed by atoms with E-state index in [0.29, 0.717) is 25.0 Å². The largest absolute Gasteiger partial charge is 0.389 e. The van der Waals surface area contributed by atoms with Crippen molar-refractivity contribution in [1.29, 1.82) is 0 Å². The molecule has 92 valence electrons. The van der Waals surface area contributed by atoms with Crippen LogP contribution in [0.1, 0.15) is 47.0 Å². The summed E-state index contributed by atoms with van der Waals surface area (Å²) in [7, 11) is 0. The van der Waals surface area contributed by atoms with Crippen LogP contribution in [0.25, 0.3) is 0 Å². The first kappa shape index (κ1) is 14.9. The minimum Gasteiger partial charge on any atom is -0.389 e. The Balaban J connectivity index is 3.33. The van der Waals surface area contributed by atoms with Crippen molar-refractivity contribution in [3.63, 3.8) is 0 Å². The van der Waals surface area contributed by atoms with Gasteiger partial charge in [-0.05, 0) is 31.6 Å². The molecule has 15 heavy (non-hydrogen) atoms. The highest BCUT2D eigenvalue weighted by molar-refractivity contribution is 4.72. The highest BCUT2D eigenvalue weighted by Gasteiger charge is 2.16. The minimum absolute atomic E-state index is 0.314. The summed E-state index contributed by atoms with van der Waals surface area (Å²) in [6.45, 7) is 10.2. The van der Waals surface area contributed by atoms with Crippen LogP contribution in [-0.2, 0) is 4.74 Å². The summed E-state index contributed by atoms with van der Waals surface area (Å²) in [6, 6.07) is 0. The van der Waals surface area contributed by atoms with Gasteiger partial charge in [-0.15, -0.1) is 0 Å². The molecule has 3 nitrogen and oxygen atoms in total. The van der Waals surface area contributed by atoms with Gasteiger partial charge in [0.2, 0.25) is 0 Å². The fraction of sp³-hybridized carbons (Fsp3) is 1.00. The molecule has 3 N–H and O–H groups in total. The molecular weight excluding hydrogens is 190 g/mol. The highest BCUT2D eigenvalue weighted by Crippen LogP contribution is 2.18. The van der Waals surface area contributed by atoms with E-state index in [9.17, 15) is 5.11 Å². The van der Waals surface area contributed by atoms with Crippen LogP contribution in [0.4, 0.5) is 0 Å². The van der Waals surface area contributed by atoms with Crippen LogP contribution >= 0.6 is 0 Å². The lowest BCUT2D eigenvalue weighted by Crippen LogP contribution is -2.34. The Morgan fingerprint density at radius 2 is 1.67 bits per heavy atom. The number of aliphatic hydroxyl groups is 1. The summed E-state index contributed by atoms with van der Waals surface area (Å²) in [4.78, 5) is 0. The molecule has 0 aliphatic heterocycles. The van der Waals surface area contributed by atoms with E-state index in [1.807, 2.05) is 0 Å². The molecule has 0 saturated heterocycles. The van der Waals surface area contributed by atoms with E-state index in [1.165, 1.54) is 0 Å². The van der Waals surface area contributed by atoms with Crippen molar-refractivity contribution < 1.29 is 9.84 Å². The molecule has 1 unspecified atom stereocenters. The summed E-state index contributed by atoms with van der Waals surface area (Å²) in [6.07, 6.45) is 2.65. The average Bonchev–Trinajstić information content (AvgIpc) is 2.09. The maximum Gasteiger partial charge on any atom is 0.0742 e. The molecule has 0 aromatic rings. The Labute approximate surface area is 94.0 Å². The van der Waals surface area contributed by atoms with E-state index in [2.05, 4.69) is 20.8 Å². The van der Waals surface area contributed by atoms with Gasteiger partial charge in [0.25, 0.3) is 0 Å². The summed E-state index contributed by atoms with van der Waals surface area (Å²) >= 11 is 0. The first-order valence-corrected chi connectivity index (χ1v) is 5.77. The Hall–Kier alpha value is -0.120. The minimum atomic E-state index is -0.729. The second-order valence-corrected chi connectivity index (χ2v) is 5.73. The van der Waals surface area contributed by atoms with Gasteiger partial charge in [0.1, 0.15) is 0 Å². The van der Waals surface area contributed by atoms with Crippen LogP contribution in [-0.4, -0.2) is 30.5 Å².